The van der Waals surface area contributed by atoms with E-state index in [2.05, 4.69) is 55.0 Å². The van der Waals surface area contributed by atoms with Crippen molar-refractivity contribution in [2.24, 2.45) is 40.4 Å². The zero-order valence-corrected chi connectivity index (χ0v) is 47.3. The lowest BCUT2D eigenvalue weighted by atomic mass is 9.46. The largest absolute Gasteiger partial charge is 0.472 e. The molecule has 4 saturated carbocycles. The predicted molar refractivity (Wildman–Crippen MR) is 292 cm³/mol. The summed E-state index contributed by atoms with van der Waals surface area (Å²) in [4.78, 5) is 60.3. The number of quaternary nitrogens is 1. The topological polar surface area (TPSA) is 217 Å². The van der Waals surface area contributed by atoms with Crippen LogP contribution in [0.25, 0.3) is 0 Å². The third-order valence-electron chi connectivity index (χ3n) is 19.5. The molecule has 16 nitrogen and oxygen atoms in total. The van der Waals surface area contributed by atoms with Gasteiger partial charge < -0.3 is 53.5 Å². The molecule has 17 heteroatoms. The fourth-order valence-electron chi connectivity index (χ4n) is 15.2. The molecule has 10 atom stereocenters. The van der Waals surface area contributed by atoms with Crippen molar-refractivity contribution in [2.45, 2.75) is 166 Å². The van der Waals surface area contributed by atoms with E-state index < -0.39 is 74.1 Å². The van der Waals surface area contributed by atoms with E-state index in [0.717, 1.165) is 121 Å². The van der Waals surface area contributed by atoms with Gasteiger partial charge in [0.2, 0.25) is 5.78 Å². The number of unbranched alkanes of at least 4 members (excludes halogenated alkanes) is 4. The first-order valence-electron chi connectivity index (χ1n) is 29.4. The van der Waals surface area contributed by atoms with Crippen LogP contribution in [0.1, 0.15) is 146 Å². The van der Waals surface area contributed by atoms with Gasteiger partial charge in [-0.1, -0.05) is 94.0 Å². The van der Waals surface area contributed by atoms with E-state index in [1.165, 1.54) is 5.56 Å². The Morgan fingerprint density at radius 2 is 1.68 bits per heavy atom. The van der Waals surface area contributed by atoms with Crippen molar-refractivity contribution < 1.29 is 71.6 Å². The Hall–Kier alpha value is -3.64. The first-order chi connectivity index (χ1) is 37.4. The first kappa shape index (κ1) is 59.0. The Labute approximate surface area is 461 Å². The molecule has 0 spiro atoms. The summed E-state index contributed by atoms with van der Waals surface area (Å²) in [5.41, 5.74) is 1.18. The average Bonchev–Trinajstić information content (AvgIpc) is 4.01. The normalized spacial score (nSPS) is 33.1. The van der Waals surface area contributed by atoms with E-state index in [-0.39, 0.29) is 35.2 Å². The van der Waals surface area contributed by atoms with Gasteiger partial charge in [0.15, 0.2) is 31.1 Å². The van der Waals surface area contributed by atoms with Gasteiger partial charge in [-0.3, -0.25) is 14.4 Å². The summed E-state index contributed by atoms with van der Waals surface area (Å²) in [7, 11) is -2.71. The maximum Gasteiger partial charge on any atom is 0.472 e. The van der Waals surface area contributed by atoms with Gasteiger partial charge in [-0.2, -0.15) is 0 Å². The Balaban J connectivity index is 0.774. The van der Waals surface area contributed by atoms with E-state index in [9.17, 15) is 34.2 Å². The zero-order valence-electron chi connectivity index (χ0n) is 46.4. The number of nitrogens with one attached hydrogen (secondary N) is 1. The van der Waals surface area contributed by atoms with E-state index >= 15 is 4.79 Å². The molecule has 9 rings (SSSR count). The van der Waals surface area contributed by atoms with Crippen molar-refractivity contribution >= 4 is 25.4 Å². The Morgan fingerprint density at radius 3 is 2.44 bits per heavy atom. The molecular weight excluding hydrogens is 1020 g/mol. The standard InChI is InChI=1S/C61H87N2O14P/c1-59-28-25-48(64)35-47(59)22-23-49-50-36-55-61(60(50,2)37-51(65)56(49)59,77-58(76-55)44-19-10-7-11-20-44)54(67)40-73-57(68)43-26-30-63(3,31-27-43)39-46-34-45(21-24-53(46)74-41-75-78(69,70)71)52(66)38-62-29-13-4-5-14-32-72-33-15-12-18-42-16-8-6-9-17-42/h6,8-9,16-17,21,24-25,28,34-35,43-44,49-52,55-56,58,62,65-66H,4-5,7,10-15,18-20,22-23,26-27,29-33,36-41H2,1-3H3,(H-,69,70,71)/p+1/t43?,49-,50-,51-,52?,55+,56+,58+,59-,60-,61+,63?/m0/s1. The van der Waals surface area contributed by atoms with Crippen LogP contribution < -0.4 is 10.1 Å². The second-order valence-corrected chi connectivity index (χ2v) is 25.9. The summed E-state index contributed by atoms with van der Waals surface area (Å²) in [6, 6.07) is 15.8. The molecule has 2 aromatic rings. The maximum atomic E-state index is 15.1. The minimum absolute atomic E-state index is 0.00814. The Kier molecular flexibility index (Phi) is 19.4. The number of aryl methyl sites for hydroxylation is 1. The highest BCUT2D eigenvalue weighted by Gasteiger charge is 2.76. The van der Waals surface area contributed by atoms with Crippen LogP contribution in [0.3, 0.4) is 0 Å². The number of ether oxygens (including phenoxy) is 5. The average molecular weight is 1100 g/mol. The van der Waals surface area contributed by atoms with Crippen molar-refractivity contribution in [1.29, 1.82) is 0 Å². The van der Waals surface area contributed by atoms with Gasteiger partial charge in [0, 0.05) is 60.8 Å². The molecule has 2 aliphatic heterocycles. The van der Waals surface area contributed by atoms with Crippen LogP contribution in [-0.4, -0.2) is 126 Å². The Bertz CT molecular complexity index is 2490. The summed E-state index contributed by atoms with van der Waals surface area (Å²) in [6.07, 6.45) is 18.8. The number of aliphatic hydroxyl groups excluding tert-OH is 2. The lowest BCUT2D eigenvalue weighted by Crippen LogP contribution is -2.63. The molecule has 0 bridgehead atoms. The molecule has 5 aliphatic carbocycles. The fourth-order valence-corrected chi connectivity index (χ4v) is 15.4. The van der Waals surface area contributed by atoms with Gasteiger partial charge in [-0.05, 0) is 124 Å². The molecule has 0 amide bonds. The summed E-state index contributed by atoms with van der Waals surface area (Å²) in [6.45, 7) is 7.41. The second kappa shape index (κ2) is 25.7. The first-order valence-corrected chi connectivity index (χ1v) is 30.9. The number of hydrogen-bond donors (Lipinski definition) is 5. The molecule has 1 unspecified atom stereocenters. The van der Waals surface area contributed by atoms with Gasteiger partial charge in [0.25, 0.3) is 0 Å². The van der Waals surface area contributed by atoms with E-state index in [1.807, 2.05) is 18.2 Å². The highest BCUT2D eigenvalue weighted by atomic mass is 31.2. The number of hydrogen-bond acceptors (Lipinski definition) is 13. The summed E-state index contributed by atoms with van der Waals surface area (Å²) < 4.78 is 48.3. The zero-order chi connectivity index (χ0) is 55.1. The number of likely N-dealkylation sites (tertiary alicyclic amines) is 1. The van der Waals surface area contributed by atoms with Crippen LogP contribution in [0.15, 0.2) is 72.3 Å². The molecule has 430 valence electrons. The van der Waals surface area contributed by atoms with Gasteiger partial charge in [-0.25, -0.2) is 9.09 Å². The molecule has 78 heavy (non-hydrogen) atoms. The van der Waals surface area contributed by atoms with Crippen LogP contribution in [0, 0.1) is 40.4 Å². The van der Waals surface area contributed by atoms with Gasteiger partial charge >= 0.3 is 13.8 Å². The van der Waals surface area contributed by atoms with Crippen molar-refractivity contribution in [3.05, 3.63) is 89.0 Å². The number of rotatable bonds is 26. The van der Waals surface area contributed by atoms with Crippen LogP contribution in [-0.2, 0) is 55.4 Å². The fraction of sp³-hybridized carbons (Fsp3) is 0.689. The number of piperidine rings is 1. The van der Waals surface area contributed by atoms with E-state index in [4.69, 9.17) is 23.7 Å². The lowest BCUT2D eigenvalue weighted by Gasteiger charge is -2.59. The lowest BCUT2D eigenvalue weighted by molar-refractivity contribution is -0.927. The Morgan fingerprint density at radius 1 is 0.936 bits per heavy atom. The number of carbonyl (C=O) groups excluding carboxylic acids is 3. The molecule has 2 heterocycles. The number of benzene rings is 2. The summed E-state index contributed by atoms with van der Waals surface area (Å²) >= 11 is 0. The van der Waals surface area contributed by atoms with Crippen LogP contribution in [0.2, 0.25) is 0 Å². The number of carbonyl (C=O) groups is 3. The van der Waals surface area contributed by atoms with E-state index in [0.29, 0.717) is 67.7 Å². The smallest absolute Gasteiger partial charge is 0.466 e. The van der Waals surface area contributed by atoms with Gasteiger partial charge in [0.05, 0.1) is 44.4 Å². The quantitative estimate of drug-likeness (QED) is 0.0196. The molecule has 2 aromatic carbocycles. The molecule has 7 aliphatic rings. The molecule has 6 fully saturated rings. The third kappa shape index (κ3) is 13.3. The number of fused-ring (bicyclic) bond motifs is 7. The molecular formula is C61H88N2O14P+. The van der Waals surface area contributed by atoms with Gasteiger partial charge in [-0.15, -0.1) is 0 Å². The van der Waals surface area contributed by atoms with Crippen molar-refractivity contribution in [2.75, 3.05) is 59.8 Å². The minimum Gasteiger partial charge on any atom is -0.466 e. The number of esters is 1. The second-order valence-electron chi connectivity index (χ2n) is 24.7. The number of phosphoric acid groups is 1. The summed E-state index contributed by atoms with van der Waals surface area (Å²) in [5.74, 6) is -0.717. The summed E-state index contributed by atoms with van der Waals surface area (Å²) in [5, 5.41) is 27.0. The number of nitrogens with zero attached hydrogens (tertiary/aromatic N) is 1. The highest BCUT2D eigenvalue weighted by molar-refractivity contribution is 7.46. The van der Waals surface area contributed by atoms with Crippen molar-refractivity contribution in [3.63, 3.8) is 0 Å². The maximum absolute atomic E-state index is 15.1. The van der Waals surface area contributed by atoms with Crippen LogP contribution in [0.5, 0.6) is 5.75 Å². The number of phosphoric ester groups is 1. The van der Waals surface area contributed by atoms with Crippen molar-refractivity contribution in [1.82, 2.24) is 5.32 Å². The SMILES string of the molecule is C[C@]12C=CC(=O)C=C1CC[C@@H]1[C@@H]2[C@@H](O)C[C@@]2(C)[C@H]1C[C@H]1O[C@@H](C3CCCCC3)O[C@]12C(=O)COC(=O)C1CC[N+](C)(Cc2cc(C(O)CNCCCCCCOCCCCc3ccccc3)ccc2OCOP(=O)(O)O)CC1. The third-order valence-corrected chi connectivity index (χ3v) is 19.9. The van der Waals surface area contributed by atoms with E-state index in [1.54, 1.807) is 24.3 Å². The molecule has 5 N–H and O–H groups in total. The molecule has 0 aromatic heterocycles. The monoisotopic (exact) mass is 1100 g/mol. The molecule has 0 radical (unpaired) electrons. The predicted octanol–water partition coefficient (Wildman–Crippen LogP) is 8.77. The van der Waals surface area contributed by atoms with Crippen LogP contribution >= 0.6 is 7.82 Å². The van der Waals surface area contributed by atoms with Crippen molar-refractivity contribution in [3.8, 4) is 5.75 Å². The number of Topliss-reactive ketones (excluding diaryl/α,β-unsaturated/α-hetero) is 1. The minimum atomic E-state index is -4.79. The van der Waals surface area contributed by atoms with Crippen LogP contribution in [0.4, 0.5) is 0 Å². The van der Waals surface area contributed by atoms with Gasteiger partial charge in [0.1, 0.15) is 12.3 Å². The number of allylic oxidation sites excluding steroid dienone is 4. The number of ketones is 2. The number of aliphatic hydroxyl groups is 2. The highest BCUT2D eigenvalue weighted by Crippen LogP contribution is 2.70. The molecule has 2 saturated heterocycles.